The second-order valence-electron chi connectivity index (χ2n) is 6.76. The first kappa shape index (κ1) is 18.5. The number of rotatable bonds is 8. The maximum atomic E-state index is 12.9. The number of amides is 1. The van der Waals surface area contributed by atoms with E-state index in [0.717, 1.165) is 29.8 Å². The van der Waals surface area contributed by atoms with Crippen LogP contribution in [-0.4, -0.2) is 26.7 Å². The zero-order chi connectivity index (χ0) is 19.3. The normalized spacial score (nSPS) is 14.4. The molecule has 4 rings (SSSR count). The monoisotopic (exact) mass is 390 g/mol. The van der Waals surface area contributed by atoms with E-state index in [4.69, 9.17) is 0 Å². The van der Waals surface area contributed by atoms with Gasteiger partial charge in [-0.3, -0.25) is 9.36 Å². The SMILES string of the molecule is C=CCn1c(SC(C(=O)NC2CC2)c2ccccc2)nnc1-c1ccccc1. The van der Waals surface area contributed by atoms with Crippen molar-refractivity contribution in [2.45, 2.75) is 35.8 Å². The Bertz CT molecular complexity index is 951. The molecule has 1 aliphatic carbocycles. The topological polar surface area (TPSA) is 59.8 Å². The van der Waals surface area contributed by atoms with E-state index in [1.807, 2.05) is 71.3 Å². The number of thioether (sulfide) groups is 1. The highest BCUT2D eigenvalue weighted by atomic mass is 32.2. The van der Waals surface area contributed by atoms with Crippen molar-refractivity contribution in [1.29, 1.82) is 0 Å². The fourth-order valence-electron chi connectivity index (χ4n) is 2.98. The molecule has 1 aromatic heterocycles. The van der Waals surface area contributed by atoms with E-state index in [1.165, 1.54) is 11.8 Å². The van der Waals surface area contributed by atoms with E-state index in [-0.39, 0.29) is 11.2 Å². The number of carbonyl (C=O) groups is 1. The highest BCUT2D eigenvalue weighted by molar-refractivity contribution is 8.00. The van der Waals surface area contributed by atoms with Crippen molar-refractivity contribution < 1.29 is 4.79 Å². The quantitative estimate of drug-likeness (QED) is 0.462. The number of nitrogens with one attached hydrogen (secondary N) is 1. The Morgan fingerprint density at radius 2 is 1.82 bits per heavy atom. The molecule has 0 radical (unpaired) electrons. The zero-order valence-electron chi connectivity index (χ0n) is 15.5. The van der Waals surface area contributed by atoms with Crippen LogP contribution in [0.4, 0.5) is 0 Å². The third kappa shape index (κ3) is 4.17. The number of benzene rings is 2. The molecular weight excluding hydrogens is 368 g/mol. The van der Waals surface area contributed by atoms with Crippen LogP contribution in [0.5, 0.6) is 0 Å². The molecular formula is C22H22N4OS. The second kappa shape index (κ2) is 8.44. The van der Waals surface area contributed by atoms with Crippen LogP contribution < -0.4 is 5.32 Å². The molecule has 1 atom stereocenters. The Morgan fingerprint density at radius 1 is 1.14 bits per heavy atom. The number of nitrogens with zero attached hydrogens (tertiary/aromatic N) is 3. The summed E-state index contributed by atoms with van der Waals surface area (Å²) in [4.78, 5) is 12.9. The molecule has 1 amide bonds. The Kier molecular flexibility index (Phi) is 5.58. The molecule has 0 aliphatic heterocycles. The molecule has 1 saturated carbocycles. The molecule has 0 bridgehead atoms. The molecule has 0 saturated heterocycles. The summed E-state index contributed by atoms with van der Waals surface area (Å²) in [6.45, 7) is 4.44. The van der Waals surface area contributed by atoms with Crippen LogP contribution in [0.2, 0.25) is 0 Å². The van der Waals surface area contributed by atoms with E-state index < -0.39 is 0 Å². The third-order valence-corrected chi connectivity index (χ3v) is 5.78. The molecule has 1 unspecified atom stereocenters. The summed E-state index contributed by atoms with van der Waals surface area (Å²) < 4.78 is 2.01. The largest absolute Gasteiger partial charge is 0.352 e. The van der Waals surface area contributed by atoms with Gasteiger partial charge in [-0.25, -0.2) is 0 Å². The van der Waals surface area contributed by atoms with Crippen molar-refractivity contribution in [1.82, 2.24) is 20.1 Å². The van der Waals surface area contributed by atoms with Gasteiger partial charge in [0.05, 0.1) is 0 Å². The maximum Gasteiger partial charge on any atom is 0.238 e. The van der Waals surface area contributed by atoms with E-state index >= 15 is 0 Å². The van der Waals surface area contributed by atoms with Crippen LogP contribution in [0.3, 0.4) is 0 Å². The Labute approximate surface area is 168 Å². The molecule has 1 aliphatic rings. The van der Waals surface area contributed by atoms with Crippen molar-refractivity contribution >= 4 is 17.7 Å². The lowest BCUT2D eigenvalue weighted by Crippen LogP contribution is -2.30. The van der Waals surface area contributed by atoms with Gasteiger partial charge in [-0.1, -0.05) is 78.5 Å². The van der Waals surface area contributed by atoms with E-state index in [1.54, 1.807) is 0 Å². The maximum absolute atomic E-state index is 12.9. The van der Waals surface area contributed by atoms with Gasteiger partial charge in [0.25, 0.3) is 0 Å². The molecule has 2 aromatic carbocycles. The smallest absolute Gasteiger partial charge is 0.238 e. The standard InChI is InChI=1S/C22H22N4OS/c1-2-15-26-20(17-11-7-4-8-12-17)24-25-22(26)28-19(16-9-5-3-6-10-16)21(27)23-18-13-14-18/h2-12,18-19H,1,13-15H2,(H,23,27). The lowest BCUT2D eigenvalue weighted by molar-refractivity contribution is -0.120. The van der Waals surface area contributed by atoms with Crippen LogP contribution in [0, 0.1) is 0 Å². The highest BCUT2D eigenvalue weighted by Crippen LogP contribution is 2.37. The van der Waals surface area contributed by atoms with Gasteiger partial charge in [-0.15, -0.1) is 16.8 Å². The minimum atomic E-state index is -0.377. The van der Waals surface area contributed by atoms with Crippen LogP contribution in [-0.2, 0) is 11.3 Å². The number of hydrogen-bond donors (Lipinski definition) is 1. The molecule has 1 N–H and O–H groups in total. The fourth-order valence-corrected chi connectivity index (χ4v) is 4.04. The average molecular weight is 391 g/mol. The van der Waals surface area contributed by atoms with E-state index in [2.05, 4.69) is 22.1 Å². The summed E-state index contributed by atoms with van der Waals surface area (Å²) in [5, 5.41) is 12.3. The van der Waals surface area contributed by atoms with Gasteiger partial charge in [0.1, 0.15) is 5.25 Å². The minimum absolute atomic E-state index is 0.0214. The van der Waals surface area contributed by atoms with Gasteiger partial charge in [0, 0.05) is 18.2 Å². The Morgan fingerprint density at radius 3 is 2.46 bits per heavy atom. The molecule has 28 heavy (non-hydrogen) atoms. The summed E-state index contributed by atoms with van der Waals surface area (Å²) >= 11 is 1.43. The number of allylic oxidation sites excluding steroid dienone is 1. The second-order valence-corrected chi connectivity index (χ2v) is 7.84. The van der Waals surface area contributed by atoms with E-state index in [0.29, 0.717) is 17.7 Å². The molecule has 142 valence electrons. The van der Waals surface area contributed by atoms with Crippen molar-refractivity contribution in [3.63, 3.8) is 0 Å². The predicted octanol–water partition coefficient (Wildman–Crippen LogP) is 4.24. The first-order valence-electron chi connectivity index (χ1n) is 9.37. The van der Waals surface area contributed by atoms with Crippen molar-refractivity contribution in [3.05, 3.63) is 78.9 Å². The molecule has 0 spiro atoms. The summed E-state index contributed by atoms with van der Waals surface area (Å²) in [5.74, 6) is 0.797. The van der Waals surface area contributed by atoms with Crippen molar-refractivity contribution in [3.8, 4) is 11.4 Å². The molecule has 5 nitrogen and oxygen atoms in total. The first-order chi connectivity index (χ1) is 13.8. The first-order valence-corrected chi connectivity index (χ1v) is 10.3. The molecule has 1 fully saturated rings. The fraction of sp³-hybridized carbons (Fsp3) is 0.227. The van der Waals surface area contributed by atoms with Crippen LogP contribution in [0.15, 0.2) is 78.5 Å². The van der Waals surface area contributed by atoms with Gasteiger partial charge >= 0.3 is 0 Å². The van der Waals surface area contributed by atoms with Gasteiger partial charge in [0.15, 0.2) is 11.0 Å². The average Bonchev–Trinajstić information content (AvgIpc) is 3.46. The van der Waals surface area contributed by atoms with Gasteiger partial charge in [0.2, 0.25) is 5.91 Å². The van der Waals surface area contributed by atoms with Crippen molar-refractivity contribution in [2.75, 3.05) is 0 Å². The van der Waals surface area contributed by atoms with Crippen LogP contribution in [0.25, 0.3) is 11.4 Å². The van der Waals surface area contributed by atoms with Gasteiger partial charge < -0.3 is 5.32 Å². The molecule has 3 aromatic rings. The summed E-state index contributed by atoms with van der Waals surface area (Å²) in [6.07, 6.45) is 3.94. The minimum Gasteiger partial charge on any atom is -0.352 e. The zero-order valence-corrected chi connectivity index (χ0v) is 16.3. The van der Waals surface area contributed by atoms with Crippen molar-refractivity contribution in [2.24, 2.45) is 0 Å². The summed E-state index contributed by atoms with van der Waals surface area (Å²) in [6, 6.07) is 20.1. The van der Waals surface area contributed by atoms with Gasteiger partial charge in [-0.2, -0.15) is 0 Å². The molecule has 6 heteroatoms. The lowest BCUT2D eigenvalue weighted by atomic mass is 10.1. The molecule has 1 heterocycles. The number of aromatic nitrogens is 3. The summed E-state index contributed by atoms with van der Waals surface area (Å²) in [5.41, 5.74) is 1.95. The lowest BCUT2D eigenvalue weighted by Gasteiger charge is -2.17. The number of carbonyl (C=O) groups excluding carboxylic acids is 1. The van der Waals surface area contributed by atoms with Crippen LogP contribution >= 0.6 is 11.8 Å². The third-order valence-electron chi connectivity index (χ3n) is 4.55. The predicted molar refractivity (Wildman–Crippen MR) is 112 cm³/mol. The Balaban J connectivity index is 1.67. The van der Waals surface area contributed by atoms with E-state index in [9.17, 15) is 4.79 Å². The Hall–Kier alpha value is -2.86. The summed E-state index contributed by atoms with van der Waals surface area (Å²) in [7, 11) is 0. The number of hydrogen-bond acceptors (Lipinski definition) is 4. The van der Waals surface area contributed by atoms with Crippen LogP contribution in [0.1, 0.15) is 23.7 Å². The van der Waals surface area contributed by atoms with Gasteiger partial charge in [-0.05, 0) is 18.4 Å². The highest BCUT2D eigenvalue weighted by Gasteiger charge is 2.30.